The number of nitrogens with one attached hydrogen (secondary N) is 1. The number of aromatic nitrogens is 2. The molecule has 1 fully saturated rings. The second kappa shape index (κ2) is 10.5. The molecule has 8 heteroatoms. The smallest absolute Gasteiger partial charge is 0.227 e. The van der Waals surface area contributed by atoms with Crippen LogP contribution in [0.5, 0.6) is 5.75 Å². The number of hydrogen-bond donors (Lipinski definition) is 2. The average Bonchev–Trinajstić information content (AvgIpc) is 2.59. The summed E-state index contributed by atoms with van der Waals surface area (Å²) in [4.78, 5) is 11.2. The minimum Gasteiger partial charge on any atom is -0.497 e. The van der Waals surface area contributed by atoms with Gasteiger partial charge in [-0.25, -0.2) is 4.98 Å². The van der Waals surface area contributed by atoms with Crippen molar-refractivity contribution in [3.05, 3.63) is 41.6 Å². The van der Waals surface area contributed by atoms with Gasteiger partial charge >= 0.3 is 0 Å². The molecule has 3 rings (SSSR count). The van der Waals surface area contributed by atoms with Crippen molar-refractivity contribution in [1.82, 2.24) is 9.97 Å². The highest BCUT2D eigenvalue weighted by Crippen LogP contribution is 2.35. The first kappa shape index (κ1) is 23.3. The van der Waals surface area contributed by atoms with E-state index in [9.17, 15) is 0 Å². The molecular weight excluding hydrogens is 385 g/mol. The average molecular weight is 414 g/mol. The lowest BCUT2D eigenvalue weighted by Gasteiger charge is -2.32. The van der Waals surface area contributed by atoms with Gasteiger partial charge in [0.1, 0.15) is 11.6 Å². The molecule has 0 bridgehead atoms. The summed E-state index contributed by atoms with van der Waals surface area (Å²) in [7, 11) is 5.62. The molecule has 2 aromatic rings. The summed E-state index contributed by atoms with van der Waals surface area (Å²) in [6.45, 7) is 0.806. The van der Waals surface area contributed by atoms with Gasteiger partial charge in [0.25, 0.3) is 0 Å². The molecule has 1 aromatic heterocycles. The topological polar surface area (TPSA) is 76.3 Å². The third kappa shape index (κ3) is 6.13. The Hall–Kier alpha value is -1.76. The van der Waals surface area contributed by atoms with Crippen molar-refractivity contribution >= 4 is 36.6 Å². The number of nitrogens with zero attached hydrogens (tertiary/aromatic N) is 3. The summed E-state index contributed by atoms with van der Waals surface area (Å²) in [5.74, 6) is 2.95. The summed E-state index contributed by atoms with van der Waals surface area (Å²) in [5, 5.41) is 3.43. The molecule has 1 aliphatic rings. The number of nitrogens with two attached hydrogens (primary N) is 1. The Morgan fingerprint density at radius 2 is 1.93 bits per heavy atom. The van der Waals surface area contributed by atoms with Crippen LogP contribution in [0.3, 0.4) is 0 Å². The van der Waals surface area contributed by atoms with Crippen molar-refractivity contribution in [3.8, 4) is 5.75 Å². The molecule has 0 atom stereocenters. The molecule has 1 aromatic carbocycles. The maximum absolute atomic E-state index is 5.93. The first-order valence-corrected chi connectivity index (χ1v) is 8.74. The molecule has 0 radical (unpaired) electrons. The Morgan fingerprint density at radius 3 is 2.56 bits per heavy atom. The molecule has 6 nitrogen and oxygen atoms in total. The van der Waals surface area contributed by atoms with Crippen molar-refractivity contribution in [2.45, 2.75) is 31.2 Å². The van der Waals surface area contributed by atoms with Crippen LogP contribution in [0.15, 0.2) is 30.3 Å². The lowest BCUT2D eigenvalue weighted by Crippen LogP contribution is -2.35. The van der Waals surface area contributed by atoms with Gasteiger partial charge in [0.05, 0.1) is 12.8 Å². The van der Waals surface area contributed by atoms with E-state index in [0.29, 0.717) is 12.0 Å². The van der Waals surface area contributed by atoms with Gasteiger partial charge in [-0.3, -0.25) is 0 Å². The minimum absolute atomic E-state index is 0. The van der Waals surface area contributed by atoms with Gasteiger partial charge in [-0.05, 0) is 37.0 Å². The van der Waals surface area contributed by atoms with Crippen LogP contribution in [0.1, 0.15) is 30.0 Å². The largest absolute Gasteiger partial charge is 0.497 e. The summed E-state index contributed by atoms with van der Waals surface area (Å²) >= 11 is 0. The van der Waals surface area contributed by atoms with E-state index in [1.807, 2.05) is 31.1 Å². The Morgan fingerprint density at radius 1 is 1.19 bits per heavy atom. The van der Waals surface area contributed by atoms with Crippen LogP contribution < -0.4 is 20.7 Å². The fraction of sp³-hybridized carbons (Fsp3) is 0.474. The minimum atomic E-state index is 0. The van der Waals surface area contributed by atoms with Gasteiger partial charge < -0.3 is 20.7 Å². The first-order valence-electron chi connectivity index (χ1n) is 8.74. The van der Waals surface area contributed by atoms with E-state index in [1.165, 1.54) is 5.56 Å². The number of benzene rings is 1. The van der Waals surface area contributed by atoms with Gasteiger partial charge in [-0.15, -0.1) is 24.8 Å². The molecule has 0 unspecified atom stereocenters. The third-order valence-corrected chi connectivity index (χ3v) is 4.58. The molecule has 1 heterocycles. The molecule has 0 saturated heterocycles. The van der Waals surface area contributed by atoms with Crippen molar-refractivity contribution in [2.24, 2.45) is 5.73 Å². The second-order valence-corrected chi connectivity index (χ2v) is 6.83. The number of hydrogen-bond acceptors (Lipinski definition) is 6. The van der Waals surface area contributed by atoms with Gasteiger partial charge in [-0.1, -0.05) is 12.1 Å². The van der Waals surface area contributed by atoms with Crippen LogP contribution in [0.2, 0.25) is 0 Å². The van der Waals surface area contributed by atoms with E-state index in [2.05, 4.69) is 33.5 Å². The fourth-order valence-electron chi connectivity index (χ4n) is 3.02. The highest BCUT2D eigenvalue weighted by Gasteiger charge is 2.29. The quantitative estimate of drug-likeness (QED) is 0.725. The second-order valence-electron chi connectivity index (χ2n) is 6.83. The molecule has 0 spiro atoms. The zero-order chi connectivity index (χ0) is 17.8. The van der Waals surface area contributed by atoms with Crippen LogP contribution in [0.25, 0.3) is 0 Å². The lowest BCUT2D eigenvalue weighted by atomic mass is 9.78. The summed E-state index contributed by atoms with van der Waals surface area (Å²) in [5.41, 5.74) is 8.25. The lowest BCUT2D eigenvalue weighted by molar-refractivity contribution is 0.345. The molecule has 1 saturated carbocycles. The van der Waals surface area contributed by atoms with Crippen molar-refractivity contribution < 1.29 is 4.74 Å². The fourth-order valence-corrected chi connectivity index (χ4v) is 3.02. The molecular formula is C19H29Cl2N5O. The van der Waals surface area contributed by atoms with Crippen molar-refractivity contribution in [1.29, 1.82) is 0 Å². The van der Waals surface area contributed by atoms with E-state index in [0.717, 1.165) is 49.0 Å². The summed E-state index contributed by atoms with van der Waals surface area (Å²) < 4.78 is 5.27. The maximum atomic E-state index is 5.93. The van der Waals surface area contributed by atoms with E-state index in [-0.39, 0.29) is 24.8 Å². The van der Waals surface area contributed by atoms with E-state index >= 15 is 0 Å². The number of methoxy groups -OCH3 is 1. The van der Waals surface area contributed by atoms with Crippen LogP contribution >= 0.6 is 24.8 Å². The predicted molar refractivity (Wildman–Crippen MR) is 116 cm³/mol. The van der Waals surface area contributed by atoms with Gasteiger partial charge in [-0.2, -0.15) is 4.98 Å². The normalized spacial score (nSPS) is 17.8. The molecule has 150 valence electrons. The first-order chi connectivity index (χ1) is 12.0. The highest BCUT2D eigenvalue weighted by molar-refractivity contribution is 5.85. The maximum Gasteiger partial charge on any atom is 0.227 e. The standard InChI is InChI=1S/C19H27N5O.2ClH/c1-24(2)19-22-17(14-10-15(20)11-14)12-18(23-19)21-8-7-13-5-4-6-16(9-13)25-3;;/h4-6,9,12,14-15H,7-8,10-11,20H2,1-3H3,(H,21,22,23);2*1H. The number of halogens is 2. The molecule has 3 N–H and O–H groups in total. The zero-order valence-electron chi connectivity index (χ0n) is 16.0. The van der Waals surface area contributed by atoms with Crippen molar-refractivity contribution in [2.75, 3.05) is 38.0 Å². The Kier molecular flexibility index (Phi) is 9.09. The van der Waals surface area contributed by atoms with Crippen molar-refractivity contribution in [3.63, 3.8) is 0 Å². The zero-order valence-corrected chi connectivity index (χ0v) is 17.6. The van der Waals surface area contributed by atoms with E-state index < -0.39 is 0 Å². The van der Waals surface area contributed by atoms with Gasteiger partial charge in [0.15, 0.2) is 0 Å². The van der Waals surface area contributed by atoms with Crippen LogP contribution in [-0.2, 0) is 6.42 Å². The van der Waals surface area contributed by atoms with Crippen LogP contribution in [0, 0.1) is 0 Å². The van der Waals surface area contributed by atoms with Gasteiger partial charge in [0.2, 0.25) is 5.95 Å². The predicted octanol–water partition coefficient (Wildman–Crippen LogP) is 3.25. The highest BCUT2D eigenvalue weighted by atomic mass is 35.5. The summed E-state index contributed by atoms with van der Waals surface area (Å²) in [6, 6.07) is 10.5. The molecule has 0 aliphatic heterocycles. The Balaban J connectivity index is 0.00000182. The SMILES string of the molecule is COc1cccc(CCNc2cc(C3CC(N)C3)nc(N(C)C)n2)c1.Cl.Cl. The summed E-state index contributed by atoms with van der Waals surface area (Å²) in [6.07, 6.45) is 2.92. The van der Waals surface area contributed by atoms with E-state index in [4.69, 9.17) is 10.5 Å². The van der Waals surface area contributed by atoms with Crippen LogP contribution in [0.4, 0.5) is 11.8 Å². The Labute approximate surface area is 173 Å². The van der Waals surface area contributed by atoms with Gasteiger partial charge in [0, 0.05) is 38.7 Å². The van der Waals surface area contributed by atoms with E-state index in [1.54, 1.807) is 7.11 Å². The third-order valence-electron chi connectivity index (χ3n) is 4.58. The van der Waals surface area contributed by atoms with Crippen LogP contribution in [-0.4, -0.2) is 43.8 Å². The molecule has 27 heavy (non-hydrogen) atoms. The molecule has 0 amide bonds. The number of anilines is 2. The number of rotatable bonds is 7. The molecule has 1 aliphatic carbocycles. The Bertz CT molecular complexity index is 723. The number of ether oxygens (including phenoxy) is 1. The monoisotopic (exact) mass is 413 g/mol.